The highest BCUT2D eigenvalue weighted by molar-refractivity contribution is 5.75. The number of piperazine rings is 1. The summed E-state index contributed by atoms with van der Waals surface area (Å²) in [6, 6.07) is 12.6. The Labute approximate surface area is 191 Å². The zero-order valence-electron chi connectivity index (χ0n) is 18.3. The number of pyridine rings is 1. The van der Waals surface area contributed by atoms with Gasteiger partial charge in [-0.15, -0.1) is 0 Å². The van der Waals surface area contributed by atoms with Crippen LogP contribution in [0.25, 0.3) is 17.0 Å². The number of hydrogen-bond donors (Lipinski definition) is 2. The number of benzene rings is 1. The topological polar surface area (TPSA) is 94.4 Å². The van der Waals surface area contributed by atoms with Gasteiger partial charge in [-0.1, -0.05) is 6.42 Å². The van der Waals surface area contributed by atoms with Gasteiger partial charge in [-0.25, -0.2) is 9.97 Å². The molecule has 0 unspecified atom stereocenters. The second-order valence-corrected chi connectivity index (χ2v) is 8.71. The first-order chi connectivity index (χ1) is 16.2. The monoisotopic (exact) mass is 442 g/mol. The van der Waals surface area contributed by atoms with Gasteiger partial charge in [0.15, 0.2) is 11.5 Å². The van der Waals surface area contributed by atoms with Crippen molar-refractivity contribution in [3.63, 3.8) is 0 Å². The Bertz CT molecular complexity index is 1320. The molecule has 4 heterocycles. The zero-order chi connectivity index (χ0) is 22.2. The van der Waals surface area contributed by atoms with Crippen LogP contribution in [0.4, 0.5) is 17.1 Å². The van der Waals surface area contributed by atoms with Crippen molar-refractivity contribution >= 4 is 22.7 Å². The maximum Gasteiger partial charge on any atom is 0.248 e. The van der Waals surface area contributed by atoms with Gasteiger partial charge in [0.1, 0.15) is 12.0 Å². The summed E-state index contributed by atoms with van der Waals surface area (Å²) in [4.78, 5) is 28.4. The van der Waals surface area contributed by atoms with Gasteiger partial charge < -0.3 is 15.2 Å². The predicted octanol–water partition coefficient (Wildman–Crippen LogP) is 2.90. The summed E-state index contributed by atoms with van der Waals surface area (Å²) < 4.78 is 1.65. The fourth-order valence-electron chi connectivity index (χ4n) is 4.70. The molecule has 3 aromatic heterocycles. The molecule has 0 amide bonds. The van der Waals surface area contributed by atoms with E-state index < -0.39 is 0 Å². The van der Waals surface area contributed by atoms with Crippen LogP contribution in [0, 0.1) is 0 Å². The highest BCUT2D eigenvalue weighted by Gasteiger charge is 2.27. The molecule has 1 aliphatic heterocycles. The Morgan fingerprint density at radius 3 is 2.55 bits per heavy atom. The predicted molar refractivity (Wildman–Crippen MR) is 128 cm³/mol. The van der Waals surface area contributed by atoms with Crippen LogP contribution < -0.4 is 15.8 Å². The second kappa shape index (κ2) is 8.32. The van der Waals surface area contributed by atoms with Crippen molar-refractivity contribution in [2.75, 3.05) is 36.4 Å². The van der Waals surface area contributed by atoms with Gasteiger partial charge >= 0.3 is 0 Å². The van der Waals surface area contributed by atoms with Crippen LogP contribution in [0.1, 0.15) is 19.3 Å². The summed E-state index contributed by atoms with van der Waals surface area (Å²) in [6.45, 7) is 4.47. The lowest BCUT2D eigenvalue weighted by molar-refractivity contribution is 0.120. The molecule has 1 saturated carbocycles. The normalized spacial score (nSPS) is 17.3. The van der Waals surface area contributed by atoms with E-state index in [1.807, 2.05) is 0 Å². The van der Waals surface area contributed by atoms with E-state index in [9.17, 15) is 4.79 Å². The lowest BCUT2D eigenvalue weighted by atomic mass is 9.91. The average Bonchev–Trinajstić information content (AvgIpc) is 3.30. The van der Waals surface area contributed by atoms with Gasteiger partial charge in [0.2, 0.25) is 5.56 Å². The Kier molecular flexibility index (Phi) is 5.03. The molecular weight excluding hydrogens is 416 g/mol. The molecule has 9 heteroatoms. The quantitative estimate of drug-likeness (QED) is 0.491. The average molecular weight is 443 g/mol. The van der Waals surface area contributed by atoms with Gasteiger partial charge in [-0.05, 0) is 43.2 Å². The van der Waals surface area contributed by atoms with Crippen molar-refractivity contribution in [3.8, 4) is 11.4 Å². The summed E-state index contributed by atoms with van der Waals surface area (Å²) in [5.41, 5.74) is 4.11. The maximum absolute atomic E-state index is 11.7. The summed E-state index contributed by atoms with van der Waals surface area (Å²) in [5.74, 6) is 0.565. The molecule has 1 aromatic carbocycles. The SMILES string of the molecule is O=c1cc(-c2ncc(Nc3ccc(N4CCN(C5CCC5)CC4)cc3)c3ncnn23)cc[nH]1. The minimum absolute atomic E-state index is 0.186. The fraction of sp³-hybridized carbons (Fsp3) is 0.333. The number of H-pyrrole nitrogens is 1. The first-order valence-electron chi connectivity index (χ1n) is 11.5. The summed E-state index contributed by atoms with van der Waals surface area (Å²) in [7, 11) is 0. The standard InChI is InChI=1S/C24H26N8O/c33-22-14-17(8-9-25-22)23-26-15-21(24-27-16-28-32(23)24)29-18-4-6-20(7-5-18)31-12-10-30(11-13-31)19-2-1-3-19/h4-9,14-16,19,29H,1-3,10-13H2,(H,25,33). The Morgan fingerprint density at radius 1 is 1.00 bits per heavy atom. The van der Waals surface area contributed by atoms with E-state index in [0.29, 0.717) is 17.0 Å². The minimum atomic E-state index is -0.186. The number of hydrogen-bond acceptors (Lipinski definition) is 7. The molecule has 1 aliphatic carbocycles. The van der Waals surface area contributed by atoms with Crippen molar-refractivity contribution < 1.29 is 0 Å². The Morgan fingerprint density at radius 2 is 1.82 bits per heavy atom. The van der Waals surface area contributed by atoms with Crippen LogP contribution in [0.3, 0.4) is 0 Å². The minimum Gasteiger partial charge on any atom is -0.369 e. The van der Waals surface area contributed by atoms with Crippen LogP contribution in [-0.2, 0) is 0 Å². The van der Waals surface area contributed by atoms with Gasteiger partial charge in [0.05, 0.1) is 6.20 Å². The number of nitrogens with zero attached hydrogens (tertiary/aromatic N) is 6. The molecule has 2 aliphatic rings. The number of anilines is 3. The first-order valence-corrected chi connectivity index (χ1v) is 11.5. The Hall–Kier alpha value is -3.72. The number of rotatable bonds is 5. The molecule has 2 N–H and O–H groups in total. The van der Waals surface area contributed by atoms with E-state index in [-0.39, 0.29) is 5.56 Å². The molecule has 0 bridgehead atoms. The lowest BCUT2D eigenvalue weighted by Gasteiger charge is -2.43. The molecule has 0 atom stereocenters. The van der Waals surface area contributed by atoms with Crippen LogP contribution in [0.15, 0.2) is 59.9 Å². The molecule has 0 radical (unpaired) electrons. The molecule has 1 saturated heterocycles. The number of fused-ring (bicyclic) bond motifs is 1. The molecule has 0 spiro atoms. The van der Waals surface area contributed by atoms with Gasteiger partial charge in [-0.2, -0.15) is 9.61 Å². The van der Waals surface area contributed by atoms with Crippen LogP contribution in [-0.4, -0.2) is 61.7 Å². The first kappa shape index (κ1) is 19.9. The summed E-state index contributed by atoms with van der Waals surface area (Å²) in [5, 5.41) is 7.72. The van der Waals surface area contributed by atoms with E-state index in [1.54, 1.807) is 23.0 Å². The smallest absolute Gasteiger partial charge is 0.248 e. The van der Waals surface area contributed by atoms with E-state index in [2.05, 4.69) is 59.4 Å². The molecule has 168 valence electrons. The van der Waals surface area contributed by atoms with Crippen molar-refractivity contribution in [3.05, 3.63) is 65.5 Å². The molecule has 4 aromatic rings. The van der Waals surface area contributed by atoms with E-state index in [1.165, 1.54) is 37.3 Å². The van der Waals surface area contributed by atoms with Crippen LogP contribution in [0.2, 0.25) is 0 Å². The third-order valence-electron chi connectivity index (χ3n) is 6.76. The maximum atomic E-state index is 11.7. The Balaban J connectivity index is 1.18. The van der Waals surface area contributed by atoms with Gasteiger partial charge in [0.25, 0.3) is 0 Å². The molecule has 2 fully saturated rings. The van der Waals surface area contributed by atoms with Crippen molar-refractivity contribution in [2.45, 2.75) is 25.3 Å². The van der Waals surface area contributed by atoms with E-state index >= 15 is 0 Å². The van der Waals surface area contributed by atoms with Crippen molar-refractivity contribution in [2.24, 2.45) is 0 Å². The third kappa shape index (κ3) is 3.84. The van der Waals surface area contributed by atoms with Crippen LogP contribution >= 0.6 is 0 Å². The molecule has 33 heavy (non-hydrogen) atoms. The zero-order valence-corrected chi connectivity index (χ0v) is 18.3. The van der Waals surface area contributed by atoms with Crippen LogP contribution in [0.5, 0.6) is 0 Å². The van der Waals surface area contributed by atoms with E-state index in [0.717, 1.165) is 43.6 Å². The lowest BCUT2D eigenvalue weighted by Crippen LogP contribution is -2.52. The number of aromatic nitrogens is 5. The fourth-order valence-corrected chi connectivity index (χ4v) is 4.70. The van der Waals surface area contributed by atoms with Crippen molar-refractivity contribution in [1.29, 1.82) is 0 Å². The molecule has 9 nitrogen and oxygen atoms in total. The van der Waals surface area contributed by atoms with E-state index in [4.69, 9.17) is 0 Å². The number of nitrogens with one attached hydrogen (secondary N) is 2. The molecular formula is C24H26N8O. The van der Waals surface area contributed by atoms with Gasteiger partial charge in [0, 0.05) is 61.4 Å². The highest BCUT2D eigenvalue weighted by Crippen LogP contribution is 2.28. The highest BCUT2D eigenvalue weighted by atomic mass is 16.1. The van der Waals surface area contributed by atoms with Gasteiger partial charge in [-0.3, -0.25) is 9.69 Å². The third-order valence-corrected chi connectivity index (χ3v) is 6.76. The number of aromatic amines is 1. The summed E-state index contributed by atoms with van der Waals surface area (Å²) >= 11 is 0. The molecule has 6 rings (SSSR count). The second-order valence-electron chi connectivity index (χ2n) is 8.71. The summed E-state index contributed by atoms with van der Waals surface area (Å²) in [6.07, 6.45) is 8.96. The van der Waals surface area contributed by atoms with Crippen molar-refractivity contribution in [1.82, 2.24) is 29.5 Å². The largest absolute Gasteiger partial charge is 0.369 e.